The number of nitrogens with zero attached hydrogens (tertiary/aromatic N) is 4. The summed E-state index contributed by atoms with van der Waals surface area (Å²) in [5.41, 5.74) is 6.33. The van der Waals surface area contributed by atoms with Crippen LogP contribution in [0.3, 0.4) is 0 Å². The summed E-state index contributed by atoms with van der Waals surface area (Å²) in [6, 6.07) is 25.1. The topological polar surface area (TPSA) is 84.0 Å². The van der Waals surface area contributed by atoms with Gasteiger partial charge in [0.05, 0.1) is 14.2 Å². The monoisotopic (exact) mass is 822 g/mol. The van der Waals surface area contributed by atoms with E-state index in [0.717, 1.165) is 102 Å². The lowest BCUT2D eigenvalue weighted by Gasteiger charge is -2.43. The molecule has 8 rings (SSSR count). The van der Waals surface area contributed by atoms with Crippen LogP contribution >= 0.6 is 0 Å². The first-order valence-electron chi connectivity index (χ1n) is 21.5. The summed E-state index contributed by atoms with van der Waals surface area (Å²) in [5.74, 6) is -1.35. The van der Waals surface area contributed by atoms with Gasteiger partial charge in [-0.15, -0.1) is 0 Å². The second-order valence-electron chi connectivity index (χ2n) is 16.5. The van der Waals surface area contributed by atoms with E-state index in [1.807, 2.05) is 12.1 Å². The van der Waals surface area contributed by atoms with Gasteiger partial charge in [-0.1, -0.05) is 36.4 Å². The van der Waals surface area contributed by atoms with E-state index in [1.165, 1.54) is 46.8 Å². The van der Waals surface area contributed by atoms with E-state index in [-0.39, 0.29) is 0 Å². The Morgan fingerprint density at radius 3 is 1.32 bits per heavy atom. The highest BCUT2D eigenvalue weighted by molar-refractivity contribution is 6.29. The zero-order valence-corrected chi connectivity index (χ0v) is 34.7. The minimum Gasteiger partial charge on any atom is -0.497 e. The Labute approximate surface area is 351 Å². The average molecular weight is 823 g/mol. The summed E-state index contributed by atoms with van der Waals surface area (Å²) < 4.78 is 51.1. The minimum atomic E-state index is -1.12. The Morgan fingerprint density at radius 2 is 0.950 bits per heavy atom. The lowest BCUT2D eigenvalue weighted by molar-refractivity contribution is -0.175. The second-order valence-corrected chi connectivity index (χ2v) is 16.5. The molecule has 0 bridgehead atoms. The molecule has 60 heavy (non-hydrogen) atoms. The first-order chi connectivity index (χ1) is 29.2. The van der Waals surface area contributed by atoms with Crippen LogP contribution in [0.2, 0.25) is 0 Å². The normalized spacial score (nSPS) is 18.9. The van der Waals surface area contributed by atoms with Crippen LogP contribution in [0.1, 0.15) is 73.0 Å². The Balaban J connectivity index is 0.906. The van der Waals surface area contributed by atoms with Crippen LogP contribution in [0.25, 0.3) is 0 Å². The zero-order chi connectivity index (χ0) is 41.6. The molecule has 4 aromatic carbocycles. The van der Waals surface area contributed by atoms with Gasteiger partial charge < -0.3 is 28.7 Å². The van der Waals surface area contributed by atoms with Gasteiger partial charge in [0.1, 0.15) is 35.3 Å². The predicted molar refractivity (Wildman–Crippen MR) is 227 cm³/mol. The predicted octanol–water partition coefficient (Wildman–Crippen LogP) is 7.69. The molecular formula is C48H56F2N4O6. The molecule has 4 heterocycles. The maximum Gasteiger partial charge on any atom is 0.418 e. The highest BCUT2D eigenvalue weighted by Crippen LogP contribution is 2.37. The molecule has 2 saturated heterocycles. The van der Waals surface area contributed by atoms with E-state index >= 15 is 0 Å². The molecule has 2 fully saturated rings. The van der Waals surface area contributed by atoms with Gasteiger partial charge >= 0.3 is 11.9 Å². The largest absolute Gasteiger partial charge is 0.497 e. The molecular weight excluding hydrogens is 767 g/mol. The maximum atomic E-state index is 14.1. The number of fused-ring (bicyclic) bond motifs is 2. The number of hydrogen-bond acceptors (Lipinski definition) is 10. The molecule has 0 aliphatic carbocycles. The van der Waals surface area contributed by atoms with Crippen molar-refractivity contribution in [3.63, 3.8) is 0 Å². The molecule has 4 aromatic rings. The van der Waals surface area contributed by atoms with Crippen LogP contribution < -0.4 is 19.3 Å². The standard InChI is InChI=1S/C48H56F2N4O6/c1-57-41-17-11-33-5-3-23-53(43(33)29-41)39-19-25-51(26-20-39)31-45(35-7-13-37(49)14-8-35)59-47(55)48(56)60-46(36-9-15-38(50)16-10-36)32-52-27-21-40(22-28-52)54-24-4-6-34-12-18-42(58-2)30-44(34)54/h7-18,29-30,39-40,45-46H,3-6,19-28,31-32H2,1-2H3. The third-order valence-electron chi connectivity index (χ3n) is 12.9. The summed E-state index contributed by atoms with van der Waals surface area (Å²) in [5, 5.41) is 0. The molecule has 0 N–H and O–H groups in total. The van der Waals surface area contributed by atoms with Gasteiger partial charge in [-0.05, 0) is 110 Å². The lowest BCUT2D eigenvalue weighted by Crippen LogP contribution is -2.48. The van der Waals surface area contributed by atoms with Crippen LogP contribution in [0.15, 0.2) is 84.9 Å². The van der Waals surface area contributed by atoms with Crippen LogP contribution in [-0.4, -0.2) is 100 Å². The molecule has 4 aliphatic rings. The SMILES string of the molecule is COc1ccc2c(c1)N(C1CCN(CC(OC(=O)C(=O)OC(CN3CCC(N4CCCc5ccc(OC)cc54)CC3)c3ccc(F)cc3)c3ccc(F)cc3)CC1)CCC2. The van der Waals surface area contributed by atoms with Crippen molar-refractivity contribution in [1.29, 1.82) is 0 Å². The summed E-state index contributed by atoms with van der Waals surface area (Å²) in [4.78, 5) is 36.8. The van der Waals surface area contributed by atoms with E-state index < -0.39 is 35.8 Å². The van der Waals surface area contributed by atoms with Crippen molar-refractivity contribution in [2.75, 3.05) is 76.4 Å². The number of benzene rings is 4. The van der Waals surface area contributed by atoms with Gasteiger partial charge in [0.25, 0.3) is 0 Å². The molecule has 0 aromatic heterocycles. The summed E-state index contributed by atoms with van der Waals surface area (Å²) in [6.45, 7) is 5.72. The van der Waals surface area contributed by atoms with Crippen LogP contribution in [0.4, 0.5) is 20.2 Å². The van der Waals surface area contributed by atoms with Gasteiger partial charge in [-0.3, -0.25) is 9.80 Å². The summed E-state index contributed by atoms with van der Waals surface area (Å²) >= 11 is 0. The number of methoxy groups -OCH3 is 2. The minimum absolute atomic E-state index is 0.340. The first-order valence-corrected chi connectivity index (χ1v) is 21.5. The molecule has 0 radical (unpaired) electrons. The zero-order valence-electron chi connectivity index (χ0n) is 34.7. The highest BCUT2D eigenvalue weighted by Gasteiger charge is 2.34. The number of hydrogen-bond donors (Lipinski definition) is 0. The Morgan fingerprint density at radius 1 is 0.567 bits per heavy atom. The Kier molecular flexibility index (Phi) is 13.2. The number of likely N-dealkylation sites (tertiary alicyclic amines) is 2. The van der Waals surface area contributed by atoms with Crippen molar-refractivity contribution in [2.24, 2.45) is 0 Å². The summed E-state index contributed by atoms with van der Waals surface area (Å²) in [6.07, 6.45) is 6.31. The smallest absolute Gasteiger partial charge is 0.418 e. The van der Waals surface area contributed by atoms with E-state index in [9.17, 15) is 18.4 Å². The highest BCUT2D eigenvalue weighted by atomic mass is 19.1. The van der Waals surface area contributed by atoms with E-state index in [0.29, 0.717) is 36.3 Å². The van der Waals surface area contributed by atoms with Gasteiger partial charge in [0.15, 0.2) is 0 Å². The third kappa shape index (κ3) is 9.71. The second kappa shape index (κ2) is 19.0. The number of ether oxygens (including phenoxy) is 4. The molecule has 10 nitrogen and oxygen atoms in total. The van der Waals surface area contributed by atoms with Crippen LogP contribution in [0.5, 0.6) is 11.5 Å². The Bertz CT molecular complexity index is 1940. The lowest BCUT2D eigenvalue weighted by atomic mass is 9.95. The Hall–Kier alpha value is -5.20. The first kappa shape index (κ1) is 41.5. The van der Waals surface area contributed by atoms with Crippen LogP contribution in [0, 0.1) is 11.6 Å². The number of aryl methyl sites for hydroxylation is 2. The number of anilines is 2. The molecule has 4 aliphatic heterocycles. The van der Waals surface area contributed by atoms with Crippen LogP contribution in [-0.2, 0) is 31.9 Å². The molecule has 0 saturated carbocycles. The molecule has 2 atom stereocenters. The van der Waals surface area contributed by atoms with E-state index in [4.69, 9.17) is 18.9 Å². The number of rotatable bonds is 12. The number of piperidine rings is 2. The van der Waals surface area contributed by atoms with Crippen molar-refractivity contribution in [1.82, 2.24) is 9.80 Å². The number of carbonyl (C=O) groups is 2. The van der Waals surface area contributed by atoms with E-state index in [1.54, 1.807) is 38.5 Å². The maximum absolute atomic E-state index is 14.1. The van der Waals surface area contributed by atoms with Crippen molar-refractivity contribution in [3.05, 3.63) is 119 Å². The van der Waals surface area contributed by atoms with Gasteiger partial charge in [-0.25, -0.2) is 18.4 Å². The van der Waals surface area contributed by atoms with Crippen molar-refractivity contribution in [2.45, 2.75) is 75.7 Å². The average Bonchev–Trinajstić information content (AvgIpc) is 3.28. The van der Waals surface area contributed by atoms with Gasteiger partial charge in [0.2, 0.25) is 0 Å². The molecule has 318 valence electrons. The van der Waals surface area contributed by atoms with Crippen molar-refractivity contribution >= 4 is 23.3 Å². The number of carbonyl (C=O) groups excluding carboxylic acids is 2. The molecule has 0 amide bonds. The van der Waals surface area contributed by atoms with E-state index in [2.05, 4.69) is 43.9 Å². The van der Waals surface area contributed by atoms with Gasteiger partial charge in [-0.2, -0.15) is 0 Å². The fourth-order valence-corrected chi connectivity index (χ4v) is 9.61. The quantitative estimate of drug-likeness (QED) is 0.105. The summed E-state index contributed by atoms with van der Waals surface area (Å²) in [7, 11) is 3.39. The molecule has 12 heteroatoms. The number of halogens is 2. The molecule has 2 unspecified atom stereocenters. The van der Waals surface area contributed by atoms with Crippen molar-refractivity contribution < 1.29 is 37.3 Å². The van der Waals surface area contributed by atoms with Crippen molar-refractivity contribution in [3.8, 4) is 11.5 Å². The fourth-order valence-electron chi connectivity index (χ4n) is 9.61. The number of esters is 2. The molecule has 0 spiro atoms. The third-order valence-corrected chi connectivity index (χ3v) is 12.9. The fraction of sp³-hybridized carbons (Fsp3) is 0.458. The van der Waals surface area contributed by atoms with Gasteiger partial charge in [0, 0.05) is 87.9 Å².